The summed E-state index contributed by atoms with van der Waals surface area (Å²) in [7, 11) is 0. The molecule has 0 spiro atoms. The number of hydrogen-bond donors (Lipinski definition) is 1. The number of aliphatic hydroxyl groups is 1. The maximum absolute atomic E-state index is 8.68. The van der Waals surface area contributed by atoms with Crippen LogP contribution in [0.4, 0.5) is 0 Å². The zero-order chi connectivity index (χ0) is 8.53. The van der Waals surface area contributed by atoms with Gasteiger partial charge in [-0.25, -0.2) is 5.32 Å². The maximum Gasteiger partial charge on any atom is 0.0469 e. The van der Waals surface area contributed by atoms with Gasteiger partial charge in [0.1, 0.15) is 0 Å². The molecule has 1 unspecified atom stereocenters. The molecule has 67 valence electrons. The number of rotatable bonds is 7. The van der Waals surface area contributed by atoms with Crippen LogP contribution in [0.15, 0.2) is 0 Å². The van der Waals surface area contributed by atoms with Crippen molar-refractivity contribution in [3.8, 4) is 0 Å². The van der Waals surface area contributed by atoms with Gasteiger partial charge in [-0.15, -0.1) is 0 Å². The Morgan fingerprint density at radius 2 is 2.09 bits per heavy atom. The second-order valence-electron chi connectivity index (χ2n) is 3.12. The summed E-state index contributed by atoms with van der Waals surface area (Å²) >= 11 is 0. The molecule has 11 heavy (non-hydrogen) atoms. The smallest absolute Gasteiger partial charge is 0.0469 e. The highest BCUT2D eigenvalue weighted by Crippen LogP contribution is 1.94. The molecule has 0 amide bonds. The molecule has 0 aromatic heterocycles. The first-order chi connectivity index (χ1) is 5.31. The molecule has 0 aromatic rings. The van der Waals surface area contributed by atoms with Gasteiger partial charge in [0, 0.05) is 19.7 Å². The fourth-order valence-electron chi connectivity index (χ4n) is 0.843. The SMILES string of the molecule is CCCCC[N]CC(C)CO. The Balaban J connectivity index is 2.89. The highest BCUT2D eigenvalue weighted by molar-refractivity contribution is 4.54. The minimum absolute atomic E-state index is 0.261. The number of hydrogen-bond acceptors (Lipinski definition) is 1. The molecule has 0 rings (SSSR count). The average Bonchev–Trinajstić information content (AvgIpc) is 2.04. The predicted octanol–water partition coefficient (Wildman–Crippen LogP) is 1.41. The Bertz CT molecular complexity index is 76.0. The number of nitrogens with zero attached hydrogens (tertiary/aromatic N) is 1. The highest BCUT2D eigenvalue weighted by atomic mass is 16.3. The van der Waals surface area contributed by atoms with Crippen LogP contribution in [0.5, 0.6) is 0 Å². The summed E-state index contributed by atoms with van der Waals surface area (Å²) < 4.78 is 0. The van der Waals surface area contributed by atoms with E-state index in [1.54, 1.807) is 0 Å². The Labute approximate surface area is 70.0 Å². The van der Waals surface area contributed by atoms with Crippen LogP contribution in [0.2, 0.25) is 0 Å². The lowest BCUT2D eigenvalue weighted by atomic mass is 10.2. The van der Waals surface area contributed by atoms with Crippen molar-refractivity contribution in [2.75, 3.05) is 19.7 Å². The van der Waals surface area contributed by atoms with Crippen LogP contribution >= 0.6 is 0 Å². The van der Waals surface area contributed by atoms with E-state index in [1.807, 2.05) is 6.92 Å². The van der Waals surface area contributed by atoms with Gasteiger partial charge in [-0.1, -0.05) is 26.7 Å². The molecule has 0 saturated carbocycles. The quantitative estimate of drug-likeness (QED) is 0.558. The lowest BCUT2D eigenvalue weighted by Crippen LogP contribution is -2.17. The van der Waals surface area contributed by atoms with Gasteiger partial charge in [-0.3, -0.25) is 0 Å². The van der Waals surface area contributed by atoms with E-state index >= 15 is 0 Å². The molecule has 0 aliphatic rings. The molecule has 2 heteroatoms. The van der Waals surface area contributed by atoms with Gasteiger partial charge in [0.25, 0.3) is 0 Å². The Morgan fingerprint density at radius 1 is 1.36 bits per heavy atom. The molecular formula is C9H20NO. The van der Waals surface area contributed by atoms with E-state index < -0.39 is 0 Å². The van der Waals surface area contributed by atoms with E-state index in [0.717, 1.165) is 13.1 Å². The zero-order valence-electron chi connectivity index (χ0n) is 7.71. The minimum Gasteiger partial charge on any atom is -0.396 e. The number of aliphatic hydroxyl groups excluding tert-OH is 1. The molecule has 1 radical (unpaired) electrons. The van der Waals surface area contributed by atoms with Gasteiger partial charge in [-0.05, 0) is 12.3 Å². The molecule has 0 bridgehead atoms. The summed E-state index contributed by atoms with van der Waals surface area (Å²) in [6.45, 7) is 6.26. The van der Waals surface area contributed by atoms with Crippen LogP contribution in [0, 0.1) is 5.92 Å². The predicted molar refractivity (Wildman–Crippen MR) is 47.6 cm³/mol. The van der Waals surface area contributed by atoms with Crippen LogP contribution in [0.3, 0.4) is 0 Å². The Hall–Kier alpha value is -0.0800. The summed E-state index contributed by atoms with van der Waals surface area (Å²) in [5.41, 5.74) is 0. The van der Waals surface area contributed by atoms with Gasteiger partial charge in [0.15, 0.2) is 0 Å². The largest absolute Gasteiger partial charge is 0.396 e. The van der Waals surface area contributed by atoms with Crippen LogP contribution in [0.1, 0.15) is 33.1 Å². The molecular weight excluding hydrogens is 138 g/mol. The van der Waals surface area contributed by atoms with Crippen molar-refractivity contribution in [1.29, 1.82) is 0 Å². The maximum atomic E-state index is 8.68. The van der Waals surface area contributed by atoms with E-state index in [9.17, 15) is 0 Å². The van der Waals surface area contributed by atoms with Gasteiger partial charge in [-0.2, -0.15) is 0 Å². The average molecular weight is 158 g/mol. The van der Waals surface area contributed by atoms with E-state index in [0.29, 0.717) is 5.92 Å². The Morgan fingerprint density at radius 3 is 2.64 bits per heavy atom. The fourth-order valence-corrected chi connectivity index (χ4v) is 0.843. The molecule has 0 aliphatic heterocycles. The molecule has 0 aromatic carbocycles. The molecule has 0 saturated heterocycles. The highest BCUT2D eigenvalue weighted by Gasteiger charge is 1.98. The molecule has 1 N–H and O–H groups in total. The van der Waals surface area contributed by atoms with E-state index in [1.165, 1.54) is 19.3 Å². The van der Waals surface area contributed by atoms with Crippen molar-refractivity contribution in [3.63, 3.8) is 0 Å². The normalized spacial score (nSPS) is 13.4. The van der Waals surface area contributed by atoms with Crippen LogP contribution < -0.4 is 5.32 Å². The van der Waals surface area contributed by atoms with Gasteiger partial charge < -0.3 is 5.11 Å². The lowest BCUT2D eigenvalue weighted by Gasteiger charge is -2.06. The topological polar surface area (TPSA) is 34.3 Å². The number of unbranched alkanes of at least 4 members (excludes halogenated alkanes) is 2. The first-order valence-corrected chi connectivity index (χ1v) is 4.55. The molecule has 1 atom stereocenters. The third-order valence-electron chi connectivity index (χ3n) is 1.67. The summed E-state index contributed by atoms with van der Waals surface area (Å²) in [6, 6.07) is 0. The molecule has 0 heterocycles. The van der Waals surface area contributed by atoms with Crippen LogP contribution in [-0.4, -0.2) is 24.8 Å². The Kier molecular flexibility index (Phi) is 7.96. The van der Waals surface area contributed by atoms with E-state index in [-0.39, 0.29) is 6.61 Å². The standard InChI is InChI=1S/C9H20NO/c1-3-4-5-6-10-7-9(2)8-11/h9,11H,3-8H2,1-2H3. The third-order valence-corrected chi connectivity index (χ3v) is 1.67. The van der Waals surface area contributed by atoms with Crippen molar-refractivity contribution in [3.05, 3.63) is 0 Å². The molecule has 0 fully saturated rings. The van der Waals surface area contributed by atoms with Crippen molar-refractivity contribution in [2.24, 2.45) is 5.92 Å². The van der Waals surface area contributed by atoms with E-state index in [2.05, 4.69) is 12.2 Å². The third kappa shape index (κ3) is 7.82. The van der Waals surface area contributed by atoms with Crippen molar-refractivity contribution >= 4 is 0 Å². The fraction of sp³-hybridized carbons (Fsp3) is 1.00. The van der Waals surface area contributed by atoms with Crippen molar-refractivity contribution < 1.29 is 5.11 Å². The second kappa shape index (κ2) is 8.02. The summed E-state index contributed by atoms with van der Waals surface area (Å²) in [5, 5.41) is 13.0. The summed E-state index contributed by atoms with van der Waals surface area (Å²) in [6.07, 6.45) is 3.73. The van der Waals surface area contributed by atoms with Crippen molar-refractivity contribution in [2.45, 2.75) is 33.1 Å². The van der Waals surface area contributed by atoms with Gasteiger partial charge >= 0.3 is 0 Å². The first kappa shape index (κ1) is 10.9. The first-order valence-electron chi connectivity index (χ1n) is 4.55. The zero-order valence-corrected chi connectivity index (χ0v) is 7.71. The summed E-state index contributed by atoms with van der Waals surface area (Å²) in [4.78, 5) is 0. The van der Waals surface area contributed by atoms with Gasteiger partial charge in [0.2, 0.25) is 0 Å². The van der Waals surface area contributed by atoms with Crippen LogP contribution in [0.25, 0.3) is 0 Å². The van der Waals surface area contributed by atoms with Gasteiger partial charge in [0.05, 0.1) is 0 Å². The van der Waals surface area contributed by atoms with Crippen molar-refractivity contribution in [1.82, 2.24) is 5.32 Å². The summed E-state index contributed by atoms with van der Waals surface area (Å²) in [5.74, 6) is 0.344. The monoisotopic (exact) mass is 158 g/mol. The molecule has 2 nitrogen and oxygen atoms in total. The minimum atomic E-state index is 0.261. The van der Waals surface area contributed by atoms with E-state index in [4.69, 9.17) is 5.11 Å². The second-order valence-corrected chi connectivity index (χ2v) is 3.12. The molecule has 0 aliphatic carbocycles. The lowest BCUT2D eigenvalue weighted by molar-refractivity contribution is 0.233. The van der Waals surface area contributed by atoms with Crippen LogP contribution in [-0.2, 0) is 0 Å².